The summed E-state index contributed by atoms with van der Waals surface area (Å²) in [6, 6.07) is 6.28. The van der Waals surface area contributed by atoms with Crippen LogP contribution < -0.4 is 0 Å². The summed E-state index contributed by atoms with van der Waals surface area (Å²) in [7, 11) is -3.77. The molecule has 0 bridgehead atoms. The van der Waals surface area contributed by atoms with E-state index in [-0.39, 0.29) is 23.7 Å². The van der Waals surface area contributed by atoms with E-state index in [9.17, 15) is 13.2 Å². The normalized spacial score (nSPS) is 18.4. The third-order valence-corrected chi connectivity index (χ3v) is 5.66. The molecular formula is C18H26BrNO6S. The second-order valence-corrected chi connectivity index (χ2v) is 9.82. The summed E-state index contributed by atoms with van der Waals surface area (Å²) in [6.07, 6.45) is 0.577. The largest absolute Gasteiger partial charge is 0.444 e. The fraction of sp³-hybridized carbons (Fsp3) is 0.611. The molecule has 1 atom stereocenters. The number of morpholine rings is 1. The Bertz CT molecular complexity index is 729. The van der Waals surface area contributed by atoms with E-state index < -0.39 is 15.7 Å². The van der Waals surface area contributed by atoms with Crippen molar-refractivity contribution in [2.75, 3.05) is 26.3 Å². The molecular weight excluding hydrogens is 438 g/mol. The van der Waals surface area contributed by atoms with Gasteiger partial charge in [-0.15, -0.1) is 0 Å². The molecule has 0 unspecified atom stereocenters. The molecule has 1 amide bonds. The van der Waals surface area contributed by atoms with Crippen LogP contribution in [-0.4, -0.2) is 57.4 Å². The van der Waals surface area contributed by atoms with Gasteiger partial charge >= 0.3 is 6.09 Å². The van der Waals surface area contributed by atoms with Gasteiger partial charge in [-0.2, -0.15) is 8.42 Å². The van der Waals surface area contributed by atoms with Crippen molar-refractivity contribution >= 4 is 32.1 Å². The van der Waals surface area contributed by atoms with E-state index in [1.807, 2.05) is 20.8 Å². The maximum atomic E-state index is 12.1. The monoisotopic (exact) mass is 463 g/mol. The van der Waals surface area contributed by atoms with Crippen molar-refractivity contribution in [2.45, 2.75) is 50.2 Å². The van der Waals surface area contributed by atoms with Crippen molar-refractivity contribution < 1.29 is 26.9 Å². The number of hydrogen-bond acceptors (Lipinski definition) is 6. The number of benzene rings is 1. The Morgan fingerprint density at radius 1 is 1.30 bits per heavy atom. The molecule has 152 valence electrons. The zero-order chi connectivity index (χ0) is 20.1. The van der Waals surface area contributed by atoms with E-state index in [0.717, 1.165) is 4.47 Å². The van der Waals surface area contributed by atoms with Gasteiger partial charge in [0.25, 0.3) is 10.1 Å². The lowest BCUT2D eigenvalue weighted by molar-refractivity contribution is -0.0457. The average Bonchev–Trinajstić information content (AvgIpc) is 2.58. The molecule has 7 nitrogen and oxygen atoms in total. The Morgan fingerprint density at radius 2 is 1.96 bits per heavy atom. The van der Waals surface area contributed by atoms with Crippen LogP contribution in [0.15, 0.2) is 33.6 Å². The third-order valence-electron chi connectivity index (χ3n) is 3.80. The lowest BCUT2D eigenvalue weighted by Gasteiger charge is -2.34. The van der Waals surface area contributed by atoms with Crippen molar-refractivity contribution in [1.29, 1.82) is 0 Å². The zero-order valence-electron chi connectivity index (χ0n) is 15.8. The summed E-state index contributed by atoms with van der Waals surface area (Å²) in [5.74, 6) is 0. The minimum absolute atomic E-state index is 0.0602. The predicted molar refractivity (Wildman–Crippen MR) is 104 cm³/mol. The molecule has 1 fully saturated rings. The number of halogens is 1. The lowest BCUT2D eigenvalue weighted by atomic mass is 10.1. The third kappa shape index (κ3) is 7.40. The van der Waals surface area contributed by atoms with Crippen LogP contribution in [0.4, 0.5) is 4.79 Å². The number of nitrogens with zero attached hydrogens (tertiary/aromatic N) is 1. The quantitative estimate of drug-likeness (QED) is 0.473. The van der Waals surface area contributed by atoms with Gasteiger partial charge in [-0.1, -0.05) is 15.9 Å². The molecule has 9 heteroatoms. The van der Waals surface area contributed by atoms with Crippen LogP contribution in [0.1, 0.15) is 33.6 Å². The second kappa shape index (κ2) is 9.36. The molecule has 1 aliphatic heterocycles. The van der Waals surface area contributed by atoms with Gasteiger partial charge in [0.15, 0.2) is 0 Å². The number of rotatable bonds is 6. The van der Waals surface area contributed by atoms with Gasteiger partial charge in [-0.25, -0.2) is 4.79 Å². The predicted octanol–water partition coefficient (Wildman–Crippen LogP) is 3.57. The lowest BCUT2D eigenvalue weighted by Crippen LogP contribution is -2.47. The first-order valence-corrected chi connectivity index (χ1v) is 11.0. The van der Waals surface area contributed by atoms with Crippen LogP contribution in [0.3, 0.4) is 0 Å². The van der Waals surface area contributed by atoms with E-state index in [4.69, 9.17) is 13.7 Å². The van der Waals surface area contributed by atoms with Gasteiger partial charge in [0, 0.05) is 11.0 Å². The summed E-state index contributed by atoms with van der Waals surface area (Å²) >= 11 is 3.26. The summed E-state index contributed by atoms with van der Waals surface area (Å²) in [4.78, 5) is 13.9. The Morgan fingerprint density at radius 3 is 2.59 bits per heavy atom. The highest BCUT2D eigenvalue weighted by atomic mass is 79.9. The van der Waals surface area contributed by atoms with Crippen molar-refractivity contribution in [3.05, 3.63) is 28.7 Å². The number of hydrogen-bond donors (Lipinski definition) is 0. The van der Waals surface area contributed by atoms with Crippen LogP contribution in [0.5, 0.6) is 0 Å². The number of amides is 1. The number of carbonyl (C=O) groups excluding carboxylic acids is 1. The van der Waals surface area contributed by atoms with E-state index in [0.29, 0.717) is 32.5 Å². The topological polar surface area (TPSA) is 82.1 Å². The van der Waals surface area contributed by atoms with Crippen LogP contribution in [0.25, 0.3) is 0 Å². The van der Waals surface area contributed by atoms with Gasteiger partial charge in [0.05, 0.1) is 30.8 Å². The highest BCUT2D eigenvalue weighted by Crippen LogP contribution is 2.18. The summed E-state index contributed by atoms with van der Waals surface area (Å²) < 4.78 is 41.2. The molecule has 1 heterocycles. The van der Waals surface area contributed by atoms with Crippen molar-refractivity contribution in [1.82, 2.24) is 4.90 Å². The molecule has 0 spiro atoms. The first-order valence-electron chi connectivity index (χ1n) is 8.81. The van der Waals surface area contributed by atoms with E-state index in [1.165, 1.54) is 12.1 Å². The van der Waals surface area contributed by atoms with Gasteiger partial charge in [0.2, 0.25) is 0 Å². The molecule has 1 saturated heterocycles. The van der Waals surface area contributed by atoms with Gasteiger partial charge in [0.1, 0.15) is 5.60 Å². The number of ether oxygens (including phenoxy) is 2. The van der Waals surface area contributed by atoms with Crippen LogP contribution >= 0.6 is 15.9 Å². The maximum absolute atomic E-state index is 12.1. The summed E-state index contributed by atoms with van der Waals surface area (Å²) in [5, 5.41) is 0. The molecule has 0 N–H and O–H groups in total. The minimum Gasteiger partial charge on any atom is -0.444 e. The first-order chi connectivity index (χ1) is 12.6. The SMILES string of the molecule is CC(C)(C)OC(=O)N1CCO[C@@H](CCCOS(=O)(=O)c2ccc(Br)cc2)C1. The smallest absolute Gasteiger partial charge is 0.410 e. The van der Waals surface area contributed by atoms with Crippen LogP contribution in [0.2, 0.25) is 0 Å². The molecule has 1 aliphatic rings. The van der Waals surface area contributed by atoms with Gasteiger partial charge < -0.3 is 14.4 Å². The van der Waals surface area contributed by atoms with Gasteiger partial charge in [-0.05, 0) is 57.9 Å². The van der Waals surface area contributed by atoms with Crippen LogP contribution in [-0.2, 0) is 23.8 Å². The zero-order valence-corrected chi connectivity index (χ0v) is 18.2. The van der Waals surface area contributed by atoms with E-state index in [2.05, 4.69) is 15.9 Å². The Kier molecular flexibility index (Phi) is 7.67. The summed E-state index contributed by atoms with van der Waals surface area (Å²) in [5.41, 5.74) is -0.542. The fourth-order valence-corrected chi connectivity index (χ4v) is 3.74. The average molecular weight is 464 g/mol. The fourth-order valence-electron chi connectivity index (χ4n) is 2.54. The molecule has 0 saturated carbocycles. The standard InChI is InChI=1S/C18H26BrNO6S/c1-18(2,3)26-17(21)20-10-12-24-15(13-20)5-4-11-25-27(22,23)16-8-6-14(19)7-9-16/h6-9,15H,4-5,10-13H2,1-3H3/t15-/m0/s1. The first kappa shape index (κ1) is 22.1. The van der Waals surface area contributed by atoms with Crippen molar-refractivity contribution in [3.63, 3.8) is 0 Å². The molecule has 0 aliphatic carbocycles. The number of carbonyl (C=O) groups is 1. The molecule has 0 radical (unpaired) electrons. The molecule has 27 heavy (non-hydrogen) atoms. The van der Waals surface area contributed by atoms with Crippen LogP contribution in [0, 0.1) is 0 Å². The Balaban J connectivity index is 1.76. The highest BCUT2D eigenvalue weighted by Gasteiger charge is 2.28. The Hall–Kier alpha value is -1.16. The van der Waals surface area contributed by atoms with Crippen molar-refractivity contribution in [3.8, 4) is 0 Å². The summed E-state index contributed by atoms with van der Waals surface area (Å²) in [6.45, 7) is 6.88. The highest BCUT2D eigenvalue weighted by molar-refractivity contribution is 9.10. The Labute approximate surface area is 169 Å². The second-order valence-electron chi connectivity index (χ2n) is 7.29. The molecule has 1 aromatic rings. The molecule has 1 aromatic carbocycles. The van der Waals surface area contributed by atoms with E-state index in [1.54, 1.807) is 17.0 Å². The maximum Gasteiger partial charge on any atom is 0.410 e. The minimum atomic E-state index is -3.77. The molecule has 2 rings (SSSR count). The molecule has 0 aromatic heterocycles. The van der Waals surface area contributed by atoms with Gasteiger partial charge in [-0.3, -0.25) is 4.18 Å². The van der Waals surface area contributed by atoms with Crippen molar-refractivity contribution in [2.24, 2.45) is 0 Å². The van der Waals surface area contributed by atoms with E-state index >= 15 is 0 Å².